The van der Waals surface area contributed by atoms with E-state index in [4.69, 9.17) is 4.98 Å². The molecule has 0 spiro atoms. The maximum atomic E-state index is 4.83. The highest BCUT2D eigenvalue weighted by Crippen LogP contribution is 2.37. The zero-order chi connectivity index (χ0) is 11.7. The molecular formula is C14H22N2S. The number of rotatable bonds is 3. The number of nitrogens with zero attached hydrogens (tertiary/aromatic N) is 1. The van der Waals surface area contributed by atoms with Gasteiger partial charge in [-0.3, -0.25) is 0 Å². The lowest BCUT2D eigenvalue weighted by atomic mass is 10.0. The molecule has 1 aliphatic heterocycles. The highest BCUT2D eigenvalue weighted by molar-refractivity contribution is 7.11. The Morgan fingerprint density at radius 1 is 1.29 bits per heavy atom. The standard InChI is InChI=1S/C14H22N2S/c1-10-13(8-11-6-7-15-9-11)17-14(16-10)12-4-2-3-5-12/h11-12,15H,2-9H2,1H3. The van der Waals surface area contributed by atoms with Gasteiger partial charge >= 0.3 is 0 Å². The first-order chi connectivity index (χ1) is 8.33. The minimum Gasteiger partial charge on any atom is -0.316 e. The summed E-state index contributed by atoms with van der Waals surface area (Å²) in [5.41, 5.74) is 1.31. The zero-order valence-corrected chi connectivity index (χ0v) is 11.5. The van der Waals surface area contributed by atoms with Gasteiger partial charge in [0.15, 0.2) is 0 Å². The molecule has 1 aromatic rings. The van der Waals surface area contributed by atoms with E-state index in [0.29, 0.717) is 0 Å². The molecule has 94 valence electrons. The third-order valence-electron chi connectivity index (χ3n) is 4.25. The van der Waals surface area contributed by atoms with Crippen LogP contribution in [0.3, 0.4) is 0 Å². The van der Waals surface area contributed by atoms with Crippen molar-refractivity contribution in [3.63, 3.8) is 0 Å². The average Bonchev–Trinajstić information content (AvgIpc) is 3.02. The average molecular weight is 250 g/mol. The highest BCUT2D eigenvalue weighted by Gasteiger charge is 2.23. The second-order valence-corrected chi connectivity index (χ2v) is 6.72. The molecule has 2 fully saturated rings. The van der Waals surface area contributed by atoms with Crippen LogP contribution in [0.2, 0.25) is 0 Å². The quantitative estimate of drug-likeness (QED) is 0.890. The van der Waals surface area contributed by atoms with Crippen molar-refractivity contribution in [2.75, 3.05) is 13.1 Å². The molecule has 0 radical (unpaired) electrons. The number of nitrogens with one attached hydrogen (secondary N) is 1. The minimum atomic E-state index is 0.786. The lowest BCUT2D eigenvalue weighted by molar-refractivity contribution is 0.583. The van der Waals surface area contributed by atoms with Crippen LogP contribution in [-0.2, 0) is 6.42 Å². The SMILES string of the molecule is Cc1nc(C2CCCC2)sc1CC1CCNC1. The number of aryl methyl sites for hydroxylation is 1. The van der Waals surface area contributed by atoms with Gasteiger partial charge in [-0.15, -0.1) is 11.3 Å². The van der Waals surface area contributed by atoms with Crippen LogP contribution in [0.4, 0.5) is 0 Å². The van der Waals surface area contributed by atoms with Gasteiger partial charge in [0.25, 0.3) is 0 Å². The minimum absolute atomic E-state index is 0.786. The van der Waals surface area contributed by atoms with Gasteiger partial charge in [0, 0.05) is 10.8 Å². The Morgan fingerprint density at radius 3 is 2.82 bits per heavy atom. The van der Waals surface area contributed by atoms with E-state index in [1.807, 2.05) is 11.3 Å². The first-order valence-corrected chi connectivity index (χ1v) is 7.81. The van der Waals surface area contributed by atoms with Crippen molar-refractivity contribution in [2.45, 2.75) is 51.4 Å². The smallest absolute Gasteiger partial charge is 0.0961 e. The van der Waals surface area contributed by atoms with Crippen molar-refractivity contribution >= 4 is 11.3 Å². The summed E-state index contributed by atoms with van der Waals surface area (Å²) in [7, 11) is 0. The van der Waals surface area contributed by atoms with Crippen LogP contribution in [0.1, 0.15) is 53.6 Å². The lowest BCUT2D eigenvalue weighted by Gasteiger charge is -2.06. The zero-order valence-electron chi connectivity index (χ0n) is 10.7. The monoisotopic (exact) mass is 250 g/mol. The van der Waals surface area contributed by atoms with Gasteiger partial charge in [-0.25, -0.2) is 4.98 Å². The fourth-order valence-electron chi connectivity index (χ4n) is 3.14. The van der Waals surface area contributed by atoms with Crippen molar-refractivity contribution in [2.24, 2.45) is 5.92 Å². The highest BCUT2D eigenvalue weighted by atomic mass is 32.1. The van der Waals surface area contributed by atoms with Crippen LogP contribution in [-0.4, -0.2) is 18.1 Å². The summed E-state index contributed by atoms with van der Waals surface area (Å²) >= 11 is 2.00. The predicted octanol–water partition coefficient (Wildman–Crippen LogP) is 3.26. The van der Waals surface area contributed by atoms with E-state index in [9.17, 15) is 0 Å². The van der Waals surface area contributed by atoms with Crippen LogP contribution < -0.4 is 5.32 Å². The number of thiazole rings is 1. The summed E-state index contributed by atoms with van der Waals surface area (Å²) in [5, 5.41) is 4.89. The molecule has 1 atom stereocenters. The Hall–Kier alpha value is -0.410. The van der Waals surface area contributed by atoms with Gasteiger partial charge in [0.1, 0.15) is 0 Å². The number of hydrogen-bond donors (Lipinski definition) is 1. The van der Waals surface area contributed by atoms with Crippen molar-refractivity contribution in [1.82, 2.24) is 10.3 Å². The van der Waals surface area contributed by atoms with Gasteiger partial charge in [-0.05, 0) is 51.6 Å². The maximum Gasteiger partial charge on any atom is 0.0961 e. The Morgan fingerprint density at radius 2 is 2.12 bits per heavy atom. The van der Waals surface area contributed by atoms with Crippen molar-refractivity contribution in [3.05, 3.63) is 15.6 Å². The topological polar surface area (TPSA) is 24.9 Å². The largest absolute Gasteiger partial charge is 0.316 e. The summed E-state index contributed by atoms with van der Waals surface area (Å²) in [6.45, 7) is 4.61. The Balaban J connectivity index is 1.71. The first-order valence-electron chi connectivity index (χ1n) is 7.00. The molecule has 1 N–H and O–H groups in total. The van der Waals surface area contributed by atoms with Crippen molar-refractivity contribution < 1.29 is 0 Å². The molecule has 2 heterocycles. The molecule has 1 aliphatic carbocycles. The fourth-order valence-corrected chi connectivity index (χ4v) is 4.49. The van der Waals surface area contributed by atoms with Gasteiger partial charge in [0.2, 0.25) is 0 Å². The number of hydrogen-bond acceptors (Lipinski definition) is 3. The summed E-state index contributed by atoms with van der Waals surface area (Å²) in [4.78, 5) is 6.39. The maximum absolute atomic E-state index is 4.83. The number of aromatic nitrogens is 1. The molecule has 1 unspecified atom stereocenters. The Labute approximate surface area is 108 Å². The predicted molar refractivity (Wildman–Crippen MR) is 72.7 cm³/mol. The van der Waals surface area contributed by atoms with Crippen LogP contribution in [0.15, 0.2) is 0 Å². The summed E-state index contributed by atoms with van der Waals surface area (Å²) < 4.78 is 0. The van der Waals surface area contributed by atoms with E-state index in [1.54, 1.807) is 4.88 Å². The Bertz CT molecular complexity index is 374. The summed E-state index contributed by atoms with van der Waals surface area (Å²) in [5.74, 6) is 1.64. The molecule has 1 saturated heterocycles. The molecular weight excluding hydrogens is 228 g/mol. The second kappa shape index (κ2) is 5.07. The molecule has 2 nitrogen and oxygen atoms in total. The van der Waals surface area contributed by atoms with Crippen LogP contribution >= 0.6 is 11.3 Å². The summed E-state index contributed by atoms with van der Waals surface area (Å²) in [6.07, 6.45) is 8.16. The van der Waals surface area contributed by atoms with E-state index in [1.165, 1.54) is 62.3 Å². The van der Waals surface area contributed by atoms with E-state index >= 15 is 0 Å². The molecule has 3 rings (SSSR count). The normalized spacial score (nSPS) is 25.8. The van der Waals surface area contributed by atoms with Crippen LogP contribution in [0.5, 0.6) is 0 Å². The second-order valence-electron chi connectivity index (χ2n) is 5.61. The molecule has 17 heavy (non-hydrogen) atoms. The third-order valence-corrected chi connectivity index (χ3v) is 5.59. The molecule has 1 saturated carbocycles. The van der Waals surface area contributed by atoms with E-state index in [2.05, 4.69) is 12.2 Å². The van der Waals surface area contributed by atoms with Gasteiger partial charge < -0.3 is 5.32 Å². The van der Waals surface area contributed by atoms with E-state index in [0.717, 1.165) is 11.8 Å². The van der Waals surface area contributed by atoms with Crippen molar-refractivity contribution in [3.8, 4) is 0 Å². The summed E-state index contributed by atoms with van der Waals surface area (Å²) in [6, 6.07) is 0. The third kappa shape index (κ3) is 2.55. The molecule has 2 aliphatic rings. The molecule has 1 aromatic heterocycles. The lowest BCUT2D eigenvalue weighted by Crippen LogP contribution is -2.10. The van der Waals surface area contributed by atoms with Crippen molar-refractivity contribution in [1.29, 1.82) is 0 Å². The van der Waals surface area contributed by atoms with E-state index < -0.39 is 0 Å². The van der Waals surface area contributed by atoms with Crippen LogP contribution in [0.25, 0.3) is 0 Å². The van der Waals surface area contributed by atoms with Gasteiger partial charge in [-0.1, -0.05) is 12.8 Å². The van der Waals surface area contributed by atoms with Crippen LogP contribution in [0, 0.1) is 12.8 Å². The van der Waals surface area contributed by atoms with E-state index in [-0.39, 0.29) is 0 Å². The fraction of sp³-hybridized carbons (Fsp3) is 0.786. The first kappa shape index (κ1) is 11.7. The molecule has 0 bridgehead atoms. The Kier molecular flexibility index (Phi) is 3.48. The molecule has 3 heteroatoms. The molecule has 0 amide bonds. The van der Waals surface area contributed by atoms with Gasteiger partial charge in [0.05, 0.1) is 10.7 Å². The van der Waals surface area contributed by atoms with Gasteiger partial charge in [-0.2, -0.15) is 0 Å². The molecule has 0 aromatic carbocycles.